The molecule has 4 nitrogen and oxygen atoms in total. The minimum atomic E-state index is -3.55. The summed E-state index contributed by atoms with van der Waals surface area (Å²) in [7, 11) is -3.55. The number of nitrogens with one attached hydrogen (secondary N) is 1. The molecule has 0 aliphatic rings. The monoisotopic (exact) mass is 375 g/mol. The molecule has 0 unspecified atom stereocenters. The fourth-order valence-corrected chi connectivity index (χ4v) is 4.61. The Kier molecular flexibility index (Phi) is 4.72. The van der Waals surface area contributed by atoms with Gasteiger partial charge in [-0.1, -0.05) is 6.07 Å². The van der Waals surface area contributed by atoms with Crippen molar-refractivity contribution in [2.45, 2.75) is 24.2 Å². The third-order valence-corrected chi connectivity index (χ3v) is 5.77. The van der Waals surface area contributed by atoms with Crippen molar-refractivity contribution in [1.82, 2.24) is 0 Å². The first-order valence-electron chi connectivity index (χ1n) is 5.92. The van der Waals surface area contributed by atoms with Crippen molar-refractivity contribution in [2.75, 3.05) is 4.72 Å². The Morgan fingerprint density at radius 3 is 2.60 bits per heavy atom. The average Bonchev–Trinajstić information content (AvgIpc) is 2.75. The summed E-state index contributed by atoms with van der Waals surface area (Å²) in [6.07, 6.45) is 0.0371. The van der Waals surface area contributed by atoms with Gasteiger partial charge in [-0.05, 0) is 54.0 Å². The number of hydrogen-bond donors (Lipinski definition) is 1. The van der Waals surface area contributed by atoms with Gasteiger partial charge < -0.3 is 4.74 Å². The van der Waals surface area contributed by atoms with Gasteiger partial charge in [0.2, 0.25) is 0 Å². The van der Waals surface area contributed by atoms with Crippen molar-refractivity contribution in [1.29, 1.82) is 0 Å². The van der Waals surface area contributed by atoms with Crippen LogP contribution in [0.2, 0.25) is 0 Å². The molecule has 0 fully saturated rings. The molecular weight excluding hydrogens is 362 g/mol. The smallest absolute Gasteiger partial charge is 0.271 e. The topological polar surface area (TPSA) is 55.4 Å². The van der Waals surface area contributed by atoms with E-state index in [0.29, 0.717) is 11.4 Å². The second kappa shape index (κ2) is 6.15. The van der Waals surface area contributed by atoms with E-state index >= 15 is 0 Å². The molecule has 2 rings (SSSR count). The summed E-state index contributed by atoms with van der Waals surface area (Å²) in [5.74, 6) is 0.632. The normalized spacial score (nSPS) is 11.6. The lowest BCUT2D eigenvalue weighted by Gasteiger charge is -2.11. The predicted octanol–water partition coefficient (Wildman–Crippen LogP) is 4.10. The molecule has 108 valence electrons. The maximum atomic E-state index is 12.2. The molecule has 1 aromatic carbocycles. The van der Waals surface area contributed by atoms with Crippen LogP contribution in [-0.4, -0.2) is 14.5 Å². The summed E-state index contributed by atoms with van der Waals surface area (Å²) in [5.41, 5.74) is 0.479. The fourth-order valence-electron chi connectivity index (χ4n) is 1.55. The summed E-state index contributed by atoms with van der Waals surface area (Å²) in [6, 6.07) is 10.2. The van der Waals surface area contributed by atoms with Gasteiger partial charge in [-0.15, -0.1) is 11.3 Å². The van der Waals surface area contributed by atoms with Gasteiger partial charge in [-0.25, -0.2) is 8.42 Å². The van der Waals surface area contributed by atoms with Gasteiger partial charge in [0, 0.05) is 6.07 Å². The highest BCUT2D eigenvalue weighted by molar-refractivity contribution is 9.11. The van der Waals surface area contributed by atoms with Gasteiger partial charge in [0.15, 0.2) is 0 Å². The third-order valence-electron chi connectivity index (χ3n) is 2.27. The lowest BCUT2D eigenvalue weighted by Crippen LogP contribution is -2.12. The highest BCUT2D eigenvalue weighted by Gasteiger charge is 2.16. The summed E-state index contributed by atoms with van der Waals surface area (Å²) in [4.78, 5) is 0. The van der Waals surface area contributed by atoms with Gasteiger partial charge in [-0.2, -0.15) is 0 Å². The molecule has 0 radical (unpaired) electrons. The molecule has 0 aliphatic heterocycles. The zero-order valence-corrected chi connectivity index (χ0v) is 14.2. The Bertz CT molecular complexity index is 695. The van der Waals surface area contributed by atoms with Gasteiger partial charge >= 0.3 is 0 Å². The van der Waals surface area contributed by atoms with Crippen molar-refractivity contribution < 1.29 is 13.2 Å². The maximum Gasteiger partial charge on any atom is 0.271 e. The molecule has 0 atom stereocenters. The second-order valence-corrected chi connectivity index (χ2v) is 8.73. The Hall–Kier alpha value is -1.05. The SMILES string of the molecule is CC(C)Oc1cccc(NS(=O)(=O)c2ccc(Br)s2)c1. The largest absolute Gasteiger partial charge is 0.491 e. The Balaban J connectivity index is 2.21. The van der Waals surface area contributed by atoms with Crippen LogP contribution in [0, 0.1) is 0 Å². The molecule has 0 spiro atoms. The Morgan fingerprint density at radius 2 is 2.00 bits per heavy atom. The summed E-state index contributed by atoms with van der Waals surface area (Å²) in [5, 5.41) is 0. The summed E-state index contributed by atoms with van der Waals surface area (Å²) in [6.45, 7) is 3.83. The van der Waals surface area contributed by atoms with E-state index in [2.05, 4.69) is 20.7 Å². The van der Waals surface area contributed by atoms with Crippen LogP contribution >= 0.6 is 27.3 Å². The van der Waals surface area contributed by atoms with Crippen LogP contribution in [-0.2, 0) is 10.0 Å². The van der Waals surface area contributed by atoms with E-state index in [-0.39, 0.29) is 10.3 Å². The fraction of sp³-hybridized carbons (Fsp3) is 0.231. The van der Waals surface area contributed by atoms with Crippen LogP contribution in [0.15, 0.2) is 44.4 Å². The molecule has 7 heteroatoms. The summed E-state index contributed by atoms with van der Waals surface area (Å²) >= 11 is 4.42. The van der Waals surface area contributed by atoms with Crippen LogP contribution in [0.4, 0.5) is 5.69 Å². The third kappa shape index (κ3) is 3.97. The van der Waals surface area contributed by atoms with E-state index in [1.165, 1.54) is 0 Å². The molecule has 0 bridgehead atoms. The lowest BCUT2D eigenvalue weighted by molar-refractivity contribution is 0.242. The van der Waals surface area contributed by atoms with E-state index in [1.807, 2.05) is 13.8 Å². The number of benzene rings is 1. The molecular formula is C13H14BrNO3S2. The average molecular weight is 376 g/mol. The molecule has 1 aromatic heterocycles. The zero-order chi connectivity index (χ0) is 14.8. The van der Waals surface area contributed by atoms with Crippen molar-refractivity contribution in [3.63, 3.8) is 0 Å². The molecule has 0 saturated carbocycles. The highest BCUT2D eigenvalue weighted by Crippen LogP contribution is 2.28. The zero-order valence-electron chi connectivity index (χ0n) is 11.0. The first-order valence-corrected chi connectivity index (χ1v) is 9.01. The first-order chi connectivity index (χ1) is 9.37. The summed E-state index contributed by atoms with van der Waals surface area (Å²) < 4.78 is 33.5. The van der Waals surface area contributed by atoms with Gasteiger partial charge in [0.05, 0.1) is 15.6 Å². The van der Waals surface area contributed by atoms with E-state index in [4.69, 9.17) is 4.74 Å². The van der Waals surface area contributed by atoms with Gasteiger partial charge in [0.1, 0.15) is 9.96 Å². The minimum absolute atomic E-state index is 0.0371. The van der Waals surface area contributed by atoms with Crippen LogP contribution in [0.1, 0.15) is 13.8 Å². The van der Waals surface area contributed by atoms with Crippen molar-refractivity contribution >= 4 is 43.0 Å². The van der Waals surface area contributed by atoms with Gasteiger partial charge in [0.25, 0.3) is 10.0 Å². The van der Waals surface area contributed by atoms with Crippen LogP contribution in [0.3, 0.4) is 0 Å². The lowest BCUT2D eigenvalue weighted by atomic mass is 10.3. The molecule has 0 saturated heterocycles. The van der Waals surface area contributed by atoms with E-state index < -0.39 is 10.0 Å². The van der Waals surface area contributed by atoms with Crippen LogP contribution in [0.5, 0.6) is 5.75 Å². The predicted molar refractivity (Wildman–Crippen MR) is 85.0 cm³/mol. The van der Waals surface area contributed by atoms with Crippen molar-refractivity contribution in [3.8, 4) is 5.75 Å². The molecule has 2 aromatic rings. The number of anilines is 1. The number of hydrogen-bond acceptors (Lipinski definition) is 4. The Morgan fingerprint density at radius 1 is 1.25 bits per heavy atom. The first kappa shape index (κ1) is 15.3. The van der Waals surface area contributed by atoms with Crippen LogP contribution < -0.4 is 9.46 Å². The number of thiophene rings is 1. The van der Waals surface area contributed by atoms with Crippen molar-refractivity contribution in [2.24, 2.45) is 0 Å². The quantitative estimate of drug-likeness (QED) is 0.855. The molecule has 0 aliphatic carbocycles. The molecule has 0 amide bonds. The molecule has 20 heavy (non-hydrogen) atoms. The van der Waals surface area contributed by atoms with E-state index in [0.717, 1.165) is 15.1 Å². The standard InChI is InChI=1S/C13H14BrNO3S2/c1-9(2)18-11-5-3-4-10(8-11)15-20(16,17)13-7-6-12(14)19-13/h3-9,15H,1-2H3. The minimum Gasteiger partial charge on any atom is -0.491 e. The van der Waals surface area contributed by atoms with E-state index in [9.17, 15) is 8.42 Å². The number of sulfonamides is 1. The number of halogens is 1. The van der Waals surface area contributed by atoms with E-state index in [1.54, 1.807) is 36.4 Å². The van der Waals surface area contributed by atoms with Crippen LogP contribution in [0.25, 0.3) is 0 Å². The second-order valence-electron chi connectivity index (χ2n) is 4.36. The molecule has 1 heterocycles. The number of ether oxygens (including phenoxy) is 1. The van der Waals surface area contributed by atoms with Gasteiger partial charge in [-0.3, -0.25) is 4.72 Å². The Labute approximate surface area is 131 Å². The maximum absolute atomic E-state index is 12.2. The highest BCUT2D eigenvalue weighted by atomic mass is 79.9. The molecule has 1 N–H and O–H groups in total. The van der Waals surface area contributed by atoms with Crippen molar-refractivity contribution in [3.05, 3.63) is 40.2 Å². The number of rotatable bonds is 5.